The maximum atomic E-state index is 12.7. The van der Waals surface area contributed by atoms with Crippen molar-refractivity contribution in [3.63, 3.8) is 0 Å². The van der Waals surface area contributed by atoms with Gasteiger partial charge in [-0.2, -0.15) is 0 Å². The Hall–Kier alpha value is -0.610. The van der Waals surface area contributed by atoms with Crippen molar-refractivity contribution >= 4 is 34.3 Å². The van der Waals surface area contributed by atoms with Crippen LogP contribution in [0.4, 0.5) is 5.69 Å². The number of rotatable bonds is 5. The predicted octanol–water partition coefficient (Wildman–Crippen LogP) is 5.62. The molecule has 1 aliphatic heterocycles. The summed E-state index contributed by atoms with van der Waals surface area (Å²) in [5.74, 6) is 1.01. The van der Waals surface area contributed by atoms with E-state index in [1.807, 2.05) is 0 Å². The summed E-state index contributed by atoms with van der Waals surface area (Å²) in [7, 11) is -0.279. The molecule has 0 aliphatic carbocycles. The Bertz CT molecular complexity index is 635. The molecule has 1 aromatic rings. The fraction of sp³-hybridized carbons (Fsp3) is 0.650. The molecule has 24 heavy (non-hydrogen) atoms. The van der Waals surface area contributed by atoms with E-state index in [1.54, 1.807) is 11.8 Å². The zero-order valence-electron chi connectivity index (χ0n) is 16.4. The Morgan fingerprint density at radius 1 is 1.08 bits per heavy atom. The molecule has 1 amide bonds. The molecule has 2 rings (SSSR count). The maximum absolute atomic E-state index is 12.7. The van der Waals surface area contributed by atoms with Crippen LogP contribution in [0.25, 0.3) is 0 Å². The van der Waals surface area contributed by atoms with Crippen LogP contribution in [0.3, 0.4) is 0 Å². The third kappa shape index (κ3) is 3.37. The minimum atomic E-state index is -0.279. The van der Waals surface area contributed by atoms with Crippen LogP contribution >= 0.6 is 22.7 Å². The second-order valence-electron chi connectivity index (χ2n) is 7.45. The van der Waals surface area contributed by atoms with Gasteiger partial charge in [-0.3, -0.25) is 4.79 Å². The Morgan fingerprint density at radius 2 is 1.67 bits per heavy atom. The quantitative estimate of drug-likeness (QED) is 0.661. The highest BCUT2D eigenvalue weighted by molar-refractivity contribution is 8.16. The molecule has 0 fully saturated rings. The highest BCUT2D eigenvalue weighted by Gasteiger charge is 2.35. The average molecular weight is 368 g/mol. The first-order valence-electron chi connectivity index (χ1n) is 9.10. The zero-order chi connectivity index (χ0) is 18.2. The van der Waals surface area contributed by atoms with Crippen molar-refractivity contribution in [1.29, 1.82) is 0 Å². The summed E-state index contributed by atoms with van der Waals surface area (Å²) in [6.07, 6.45) is 6.73. The van der Waals surface area contributed by atoms with E-state index < -0.39 is 0 Å². The molecule has 0 radical (unpaired) electrons. The molecule has 0 spiro atoms. The molecular formula is C20H33NOS2. The number of hydrogen-bond donors (Lipinski definition) is 2. The summed E-state index contributed by atoms with van der Waals surface area (Å²) in [6.45, 7) is 13.4. The van der Waals surface area contributed by atoms with Crippen molar-refractivity contribution in [2.75, 3.05) is 17.8 Å². The fourth-order valence-corrected chi connectivity index (χ4v) is 6.70. The summed E-state index contributed by atoms with van der Waals surface area (Å²) in [6, 6.07) is 0. The maximum Gasteiger partial charge on any atom is 0.238 e. The number of benzene rings is 1. The fourth-order valence-electron chi connectivity index (χ4n) is 3.76. The van der Waals surface area contributed by atoms with Gasteiger partial charge < -0.3 is 5.32 Å². The van der Waals surface area contributed by atoms with Gasteiger partial charge in [0.15, 0.2) is 0 Å². The molecule has 1 N–H and O–H groups in total. The number of amides is 1. The molecule has 1 unspecified atom stereocenters. The van der Waals surface area contributed by atoms with Gasteiger partial charge in [0.1, 0.15) is 0 Å². The summed E-state index contributed by atoms with van der Waals surface area (Å²) >= 11 is 1.80. The predicted molar refractivity (Wildman–Crippen MR) is 111 cm³/mol. The topological polar surface area (TPSA) is 29.1 Å². The third-order valence-corrected chi connectivity index (χ3v) is 7.83. The van der Waals surface area contributed by atoms with Crippen LogP contribution in [0.1, 0.15) is 64.2 Å². The number of carbonyl (C=O) groups excluding carboxylic acids is 1. The van der Waals surface area contributed by atoms with Crippen molar-refractivity contribution < 1.29 is 4.79 Å². The number of anilines is 1. The SMILES string of the molecule is CCc1c(CC)c(C(C)C)c([SH](C)C)c2c1SC(C(C)C)C(=O)N2. The number of thiol groups is 1. The van der Waals surface area contributed by atoms with Gasteiger partial charge >= 0.3 is 0 Å². The number of hydrogen-bond acceptors (Lipinski definition) is 2. The lowest BCUT2D eigenvalue weighted by molar-refractivity contribution is -0.116. The second-order valence-corrected chi connectivity index (χ2v) is 10.8. The van der Waals surface area contributed by atoms with Crippen LogP contribution in [-0.4, -0.2) is 23.7 Å². The highest BCUT2D eigenvalue weighted by atomic mass is 32.2. The number of nitrogens with one attached hydrogen (secondary N) is 1. The zero-order valence-corrected chi connectivity index (χ0v) is 18.1. The van der Waals surface area contributed by atoms with Crippen molar-refractivity contribution in [3.8, 4) is 0 Å². The lowest BCUT2D eigenvalue weighted by atomic mass is 9.89. The molecular weight excluding hydrogens is 334 g/mol. The third-order valence-electron chi connectivity index (χ3n) is 4.77. The van der Waals surface area contributed by atoms with Gasteiger partial charge in [-0.25, -0.2) is 10.9 Å². The van der Waals surface area contributed by atoms with Crippen molar-refractivity contribution in [3.05, 3.63) is 16.7 Å². The minimum Gasteiger partial charge on any atom is -0.323 e. The molecule has 1 heterocycles. The Kier molecular flexibility index (Phi) is 6.35. The van der Waals surface area contributed by atoms with E-state index in [4.69, 9.17) is 0 Å². The molecule has 2 nitrogen and oxygen atoms in total. The van der Waals surface area contributed by atoms with Crippen LogP contribution in [0.5, 0.6) is 0 Å². The average Bonchev–Trinajstić information content (AvgIpc) is 2.50. The second kappa shape index (κ2) is 7.74. The Morgan fingerprint density at radius 3 is 2.08 bits per heavy atom. The molecule has 1 aliphatic rings. The first-order valence-corrected chi connectivity index (χ1v) is 12.2. The van der Waals surface area contributed by atoms with Crippen LogP contribution in [0.15, 0.2) is 9.79 Å². The molecule has 4 heteroatoms. The normalized spacial score (nSPS) is 18.0. The lowest BCUT2D eigenvalue weighted by Gasteiger charge is -2.35. The van der Waals surface area contributed by atoms with E-state index in [9.17, 15) is 4.79 Å². The number of carbonyl (C=O) groups is 1. The first-order chi connectivity index (χ1) is 11.2. The monoisotopic (exact) mass is 367 g/mol. The largest absolute Gasteiger partial charge is 0.323 e. The van der Waals surface area contributed by atoms with Gasteiger partial charge in [-0.05, 0) is 53.9 Å². The van der Waals surface area contributed by atoms with E-state index in [2.05, 4.69) is 59.4 Å². The smallest absolute Gasteiger partial charge is 0.238 e. The van der Waals surface area contributed by atoms with Gasteiger partial charge in [-0.1, -0.05) is 41.5 Å². The van der Waals surface area contributed by atoms with Crippen molar-refractivity contribution in [1.82, 2.24) is 0 Å². The van der Waals surface area contributed by atoms with Crippen molar-refractivity contribution in [2.24, 2.45) is 5.92 Å². The van der Waals surface area contributed by atoms with E-state index >= 15 is 0 Å². The van der Waals surface area contributed by atoms with Gasteiger partial charge in [-0.15, -0.1) is 11.8 Å². The van der Waals surface area contributed by atoms with Crippen molar-refractivity contribution in [2.45, 2.75) is 75.3 Å². The van der Waals surface area contributed by atoms with Gasteiger partial charge in [0.25, 0.3) is 0 Å². The van der Waals surface area contributed by atoms with Crippen LogP contribution in [-0.2, 0) is 17.6 Å². The summed E-state index contributed by atoms with van der Waals surface area (Å²) in [5, 5.41) is 3.34. The van der Waals surface area contributed by atoms with Gasteiger partial charge in [0.05, 0.1) is 10.9 Å². The molecule has 0 bridgehead atoms. The molecule has 1 aromatic carbocycles. The number of fused-ring (bicyclic) bond motifs is 1. The van der Waals surface area contributed by atoms with Crippen LogP contribution in [0, 0.1) is 5.92 Å². The van der Waals surface area contributed by atoms with Gasteiger partial charge in [0, 0.05) is 9.79 Å². The van der Waals surface area contributed by atoms with Crippen LogP contribution < -0.4 is 5.32 Å². The summed E-state index contributed by atoms with van der Waals surface area (Å²) in [4.78, 5) is 15.5. The molecule has 0 aromatic heterocycles. The van der Waals surface area contributed by atoms with Gasteiger partial charge in [0.2, 0.25) is 5.91 Å². The Balaban J connectivity index is 2.83. The number of thioether (sulfide) groups is 1. The van der Waals surface area contributed by atoms with E-state index in [-0.39, 0.29) is 22.1 Å². The van der Waals surface area contributed by atoms with Crippen LogP contribution in [0.2, 0.25) is 0 Å². The summed E-state index contributed by atoms with van der Waals surface area (Å²) < 4.78 is 0. The lowest BCUT2D eigenvalue weighted by Crippen LogP contribution is -2.34. The first kappa shape index (κ1) is 19.7. The molecule has 0 saturated heterocycles. The Labute approximate surface area is 154 Å². The standard InChI is InChI=1S/C20H33NOS2/c1-9-13-14(10-2)18-16(19(24(7)8)15(13)11(3)4)21-20(22)17(23-18)12(5)6/h11-12,17,24H,9-10H2,1-8H3,(H,21,22). The van der Waals surface area contributed by atoms with E-state index in [0.29, 0.717) is 11.8 Å². The molecule has 0 saturated carbocycles. The van der Waals surface area contributed by atoms with E-state index in [0.717, 1.165) is 18.5 Å². The summed E-state index contributed by atoms with van der Waals surface area (Å²) in [5.41, 5.74) is 5.62. The highest BCUT2D eigenvalue weighted by Crippen LogP contribution is 2.52. The van der Waals surface area contributed by atoms with E-state index in [1.165, 1.54) is 26.5 Å². The minimum absolute atomic E-state index is 0.0187. The molecule has 136 valence electrons. The molecule has 1 atom stereocenters.